The highest BCUT2D eigenvalue weighted by atomic mass is 19.1. The second-order valence-electron chi connectivity index (χ2n) is 10.6. The van der Waals surface area contributed by atoms with Gasteiger partial charge in [-0.1, -0.05) is 36.8 Å². The molecule has 4 unspecified atom stereocenters. The summed E-state index contributed by atoms with van der Waals surface area (Å²) >= 11 is 0. The molecule has 0 N–H and O–H groups in total. The summed E-state index contributed by atoms with van der Waals surface area (Å²) in [6.07, 6.45) is 16.8. The van der Waals surface area contributed by atoms with Crippen LogP contribution in [-0.4, -0.2) is 5.97 Å². The molecular weight excluding hydrogens is 454 g/mol. The van der Waals surface area contributed by atoms with Crippen molar-refractivity contribution in [1.29, 1.82) is 0 Å². The van der Waals surface area contributed by atoms with Crippen LogP contribution in [0.5, 0.6) is 5.75 Å². The van der Waals surface area contributed by atoms with Crippen molar-refractivity contribution in [3.63, 3.8) is 0 Å². The van der Waals surface area contributed by atoms with Gasteiger partial charge in [0.2, 0.25) is 0 Å². The predicted molar refractivity (Wildman–Crippen MR) is 141 cm³/mol. The van der Waals surface area contributed by atoms with E-state index in [1.807, 2.05) is 25.2 Å². The van der Waals surface area contributed by atoms with E-state index in [0.717, 1.165) is 49.5 Å². The number of rotatable bonds is 9. The Morgan fingerprint density at radius 3 is 2.56 bits per heavy atom. The number of hydrogen-bond donors (Lipinski definition) is 0. The molecule has 0 amide bonds. The van der Waals surface area contributed by atoms with E-state index in [2.05, 4.69) is 6.58 Å². The summed E-state index contributed by atoms with van der Waals surface area (Å²) in [5.74, 6) is 0.574. The van der Waals surface area contributed by atoms with Crippen molar-refractivity contribution >= 4 is 5.97 Å². The lowest BCUT2D eigenvalue weighted by Crippen LogP contribution is -2.30. The number of esters is 1. The van der Waals surface area contributed by atoms with Crippen LogP contribution in [0, 0.1) is 29.4 Å². The first-order valence-corrected chi connectivity index (χ1v) is 13.5. The Labute approximate surface area is 214 Å². The molecule has 0 aliphatic heterocycles. The van der Waals surface area contributed by atoms with Gasteiger partial charge in [0, 0.05) is 0 Å². The Hall–Kier alpha value is -2.75. The molecule has 0 spiro atoms. The normalized spacial score (nSPS) is 23.9. The van der Waals surface area contributed by atoms with Gasteiger partial charge in [-0.3, -0.25) is 0 Å². The molecule has 2 aliphatic rings. The van der Waals surface area contributed by atoms with Crippen LogP contribution in [-0.2, 0) is 6.42 Å². The van der Waals surface area contributed by atoms with Crippen LogP contribution in [0.1, 0.15) is 92.1 Å². The Morgan fingerprint density at radius 1 is 1.00 bits per heavy atom. The Morgan fingerprint density at radius 2 is 1.81 bits per heavy atom. The molecule has 0 aromatic heterocycles. The summed E-state index contributed by atoms with van der Waals surface area (Å²) in [5.41, 5.74) is 1.63. The zero-order valence-corrected chi connectivity index (χ0v) is 21.4. The van der Waals surface area contributed by atoms with Gasteiger partial charge in [0.05, 0.1) is 5.56 Å². The molecule has 2 aliphatic carbocycles. The molecule has 36 heavy (non-hydrogen) atoms. The van der Waals surface area contributed by atoms with Crippen molar-refractivity contribution in [2.75, 3.05) is 0 Å². The number of benzene rings is 2. The van der Waals surface area contributed by atoms with Gasteiger partial charge in [-0.15, -0.1) is 6.58 Å². The van der Waals surface area contributed by atoms with Gasteiger partial charge in [-0.2, -0.15) is 0 Å². The summed E-state index contributed by atoms with van der Waals surface area (Å²) in [5, 5.41) is 0. The van der Waals surface area contributed by atoms with Crippen molar-refractivity contribution in [1.82, 2.24) is 0 Å². The largest absolute Gasteiger partial charge is 0.420 e. The van der Waals surface area contributed by atoms with E-state index >= 15 is 4.39 Å². The number of allylic oxidation sites excluding steroid dienone is 3. The van der Waals surface area contributed by atoms with E-state index < -0.39 is 11.8 Å². The maximum Gasteiger partial charge on any atom is 0.343 e. The van der Waals surface area contributed by atoms with Crippen molar-refractivity contribution in [3.05, 3.63) is 89.5 Å². The summed E-state index contributed by atoms with van der Waals surface area (Å²) < 4.78 is 34.9. The molecule has 2 fully saturated rings. The van der Waals surface area contributed by atoms with Crippen LogP contribution >= 0.6 is 0 Å². The van der Waals surface area contributed by atoms with E-state index in [1.165, 1.54) is 43.9 Å². The lowest BCUT2D eigenvalue weighted by atomic mass is 9.63. The molecule has 4 atom stereocenters. The summed E-state index contributed by atoms with van der Waals surface area (Å²) in [6, 6.07) is 9.20. The SMILES string of the molecule is C=CCCC1CCC2CC(c3ccc(C(=O)Oc4ccc(CC/C=C/C)cc4F)cc3F)CCC2C1. The highest BCUT2D eigenvalue weighted by Crippen LogP contribution is 2.48. The van der Waals surface area contributed by atoms with E-state index in [-0.39, 0.29) is 23.0 Å². The lowest BCUT2D eigenvalue weighted by Gasteiger charge is -2.42. The Bertz CT molecular complexity index is 1090. The summed E-state index contributed by atoms with van der Waals surface area (Å²) in [7, 11) is 0. The number of halogens is 2. The van der Waals surface area contributed by atoms with Crippen LogP contribution in [0.4, 0.5) is 8.78 Å². The number of aryl methyl sites for hydroxylation is 1. The standard InChI is InChI=1S/C32H38F2O2/c1-3-5-7-9-23-11-17-31(30(34)19-23)36-32(35)27-15-16-28(29(33)21-27)26-14-13-24-18-22(8-6-4-2)10-12-25(24)20-26/h3-5,11,15-17,19,21-22,24-26H,2,6-10,12-14,18,20H2,1H3/b5-3+. The first-order chi connectivity index (χ1) is 17.5. The minimum Gasteiger partial charge on any atom is -0.420 e. The topological polar surface area (TPSA) is 26.3 Å². The maximum absolute atomic E-state index is 15.1. The van der Waals surface area contributed by atoms with Crippen LogP contribution in [0.25, 0.3) is 0 Å². The third-order valence-electron chi connectivity index (χ3n) is 8.21. The maximum atomic E-state index is 15.1. The van der Waals surface area contributed by atoms with Crippen molar-refractivity contribution in [3.8, 4) is 5.75 Å². The lowest BCUT2D eigenvalue weighted by molar-refractivity contribution is 0.0727. The molecule has 0 bridgehead atoms. The first kappa shape index (κ1) is 26.3. The van der Waals surface area contributed by atoms with E-state index in [1.54, 1.807) is 18.2 Å². The monoisotopic (exact) mass is 492 g/mol. The van der Waals surface area contributed by atoms with Gasteiger partial charge >= 0.3 is 5.97 Å². The molecule has 0 heterocycles. The number of ether oxygens (including phenoxy) is 1. The molecule has 0 saturated heterocycles. The fraction of sp³-hybridized carbons (Fsp3) is 0.469. The molecular formula is C32H38F2O2. The average Bonchev–Trinajstić information content (AvgIpc) is 2.88. The second-order valence-corrected chi connectivity index (χ2v) is 10.6. The third-order valence-corrected chi connectivity index (χ3v) is 8.21. The van der Waals surface area contributed by atoms with Crippen LogP contribution in [0.3, 0.4) is 0 Å². The first-order valence-electron chi connectivity index (χ1n) is 13.5. The van der Waals surface area contributed by atoms with Gasteiger partial charge in [0.15, 0.2) is 11.6 Å². The Kier molecular flexibility index (Phi) is 9.12. The summed E-state index contributed by atoms with van der Waals surface area (Å²) in [4.78, 5) is 12.6. The van der Waals surface area contributed by atoms with Crippen LogP contribution in [0.15, 0.2) is 61.2 Å². The number of hydrogen-bond acceptors (Lipinski definition) is 2. The highest BCUT2D eigenvalue weighted by Gasteiger charge is 2.36. The zero-order valence-electron chi connectivity index (χ0n) is 21.4. The molecule has 2 saturated carbocycles. The predicted octanol–water partition coefficient (Wildman–Crippen LogP) is 8.96. The smallest absolute Gasteiger partial charge is 0.343 e. The molecule has 4 heteroatoms. The van der Waals surface area contributed by atoms with Gasteiger partial charge < -0.3 is 4.74 Å². The number of carbonyl (C=O) groups is 1. The molecule has 4 rings (SSSR count). The van der Waals surface area contributed by atoms with E-state index in [9.17, 15) is 9.18 Å². The van der Waals surface area contributed by atoms with Gasteiger partial charge in [-0.05, 0) is 124 Å². The molecule has 2 aromatic rings. The number of carbonyl (C=O) groups excluding carboxylic acids is 1. The third kappa shape index (κ3) is 6.52. The molecule has 2 aromatic carbocycles. The Balaban J connectivity index is 1.36. The molecule has 192 valence electrons. The fourth-order valence-corrected chi connectivity index (χ4v) is 6.23. The zero-order chi connectivity index (χ0) is 25.5. The van der Waals surface area contributed by atoms with Crippen molar-refractivity contribution in [2.45, 2.75) is 77.0 Å². The van der Waals surface area contributed by atoms with E-state index in [0.29, 0.717) is 17.9 Å². The fourth-order valence-electron chi connectivity index (χ4n) is 6.23. The van der Waals surface area contributed by atoms with Crippen molar-refractivity contribution in [2.24, 2.45) is 17.8 Å². The van der Waals surface area contributed by atoms with Crippen molar-refractivity contribution < 1.29 is 18.3 Å². The average molecular weight is 493 g/mol. The van der Waals surface area contributed by atoms with Crippen LogP contribution < -0.4 is 4.74 Å². The van der Waals surface area contributed by atoms with E-state index in [4.69, 9.17) is 4.74 Å². The molecule has 2 nitrogen and oxygen atoms in total. The quantitative estimate of drug-likeness (QED) is 0.198. The minimum absolute atomic E-state index is 0.101. The number of fused-ring (bicyclic) bond motifs is 1. The van der Waals surface area contributed by atoms with Crippen LogP contribution in [0.2, 0.25) is 0 Å². The van der Waals surface area contributed by atoms with Gasteiger partial charge in [0.25, 0.3) is 0 Å². The molecule has 0 radical (unpaired) electrons. The van der Waals surface area contributed by atoms with Gasteiger partial charge in [0.1, 0.15) is 5.82 Å². The van der Waals surface area contributed by atoms with Gasteiger partial charge in [-0.25, -0.2) is 13.6 Å². The minimum atomic E-state index is -0.748. The second kappa shape index (κ2) is 12.5. The highest BCUT2D eigenvalue weighted by molar-refractivity contribution is 5.91. The summed E-state index contributed by atoms with van der Waals surface area (Å²) in [6.45, 7) is 5.80.